The molecule has 1 unspecified atom stereocenters. The van der Waals surface area contributed by atoms with Gasteiger partial charge in [0.25, 0.3) is 0 Å². The van der Waals surface area contributed by atoms with Gasteiger partial charge in [0.05, 0.1) is 4.47 Å². The van der Waals surface area contributed by atoms with Crippen molar-refractivity contribution < 1.29 is 8.78 Å². The summed E-state index contributed by atoms with van der Waals surface area (Å²) >= 11 is 3.16. The highest BCUT2D eigenvalue weighted by atomic mass is 79.9. The topological polar surface area (TPSA) is 12.0 Å². The molecule has 0 bridgehead atoms. The third kappa shape index (κ3) is 3.84. The normalized spacial score (nSPS) is 19.5. The molecule has 0 aliphatic heterocycles. The largest absolute Gasteiger partial charge is 0.313 e. The Kier molecular flexibility index (Phi) is 5.78. The van der Waals surface area contributed by atoms with E-state index in [4.69, 9.17) is 0 Å². The van der Waals surface area contributed by atoms with E-state index in [-0.39, 0.29) is 17.0 Å². The van der Waals surface area contributed by atoms with Crippen LogP contribution in [0, 0.1) is 17.0 Å². The van der Waals surface area contributed by atoms with Crippen LogP contribution >= 0.6 is 15.9 Å². The molecule has 1 atom stereocenters. The van der Waals surface area contributed by atoms with E-state index in [9.17, 15) is 8.78 Å². The van der Waals surface area contributed by atoms with Gasteiger partial charge in [-0.3, -0.25) is 0 Å². The lowest BCUT2D eigenvalue weighted by Gasteiger charge is -2.41. The Balaban J connectivity index is 2.26. The van der Waals surface area contributed by atoms with Crippen LogP contribution < -0.4 is 5.32 Å². The molecule has 1 fully saturated rings. The lowest BCUT2D eigenvalue weighted by atomic mass is 9.69. The first kappa shape index (κ1) is 16.9. The zero-order valence-corrected chi connectivity index (χ0v) is 14.4. The molecule has 0 amide bonds. The van der Waals surface area contributed by atoms with E-state index in [0.717, 1.165) is 19.4 Å². The van der Waals surface area contributed by atoms with E-state index in [2.05, 4.69) is 28.2 Å². The van der Waals surface area contributed by atoms with Crippen LogP contribution in [0.1, 0.15) is 51.5 Å². The molecular formula is C17H24BrF2N. The fourth-order valence-electron chi connectivity index (χ4n) is 3.48. The van der Waals surface area contributed by atoms with Gasteiger partial charge in [0.1, 0.15) is 11.6 Å². The number of hydrogen-bond donors (Lipinski definition) is 1. The molecule has 0 radical (unpaired) electrons. The van der Waals surface area contributed by atoms with Crippen LogP contribution in [0.15, 0.2) is 16.6 Å². The molecule has 1 aromatic carbocycles. The highest BCUT2D eigenvalue weighted by molar-refractivity contribution is 9.10. The number of likely N-dealkylation sites (N-methyl/N-ethyl adjacent to an activating group) is 1. The summed E-state index contributed by atoms with van der Waals surface area (Å²) in [5.74, 6) is -0.907. The molecule has 0 saturated heterocycles. The maximum absolute atomic E-state index is 14.2. The van der Waals surface area contributed by atoms with E-state index < -0.39 is 11.6 Å². The Labute approximate surface area is 134 Å². The van der Waals surface area contributed by atoms with Gasteiger partial charge < -0.3 is 5.32 Å². The molecule has 1 nitrogen and oxygen atoms in total. The minimum atomic E-state index is -0.461. The van der Waals surface area contributed by atoms with Gasteiger partial charge in [0.15, 0.2) is 0 Å². The SMILES string of the molecule is CCNC(Cc1c(F)ccc(Br)c1F)C1(C)CCCCC1. The second-order valence-corrected chi connectivity index (χ2v) is 7.21. The molecule has 0 aromatic heterocycles. The van der Waals surface area contributed by atoms with Gasteiger partial charge >= 0.3 is 0 Å². The molecule has 1 aromatic rings. The summed E-state index contributed by atoms with van der Waals surface area (Å²) in [5.41, 5.74) is 0.317. The van der Waals surface area contributed by atoms with Crippen molar-refractivity contribution in [3.8, 4) is 0 Å². The summed E-state index contributed by atoms with van der Waals surface area (Å²) in [6.45, 7) is 5.12. The second kappa shape index (κ2) is 7.19. The van der Waals surface area contributed by atoms with Gasteiger partial charge in [-0.2, -0.15) is 0 Å². The Morgan fingerprint density at radius 3 is 2.52 bits per heavy atom. The van der Waals surface area contributed by atoms with Crippen LogP contribution in [0.4, 0.5) is 8.78 Å². The smallest absolute Gasteiger partial charge is 0.143 e. The molecule has 0 spiro atoms. The number of rotatable bonds is 5. The summed E-state index contributed by atoms with van der Waals surface area (Å²) in [5, 5.41) is 3.47. The maximum Gasteiger partial charge on any atom is 0.143 e. The standard InChI is InChI=1S/C17H24BrF2N/c1-3-21-15(17(2)9-5-4-6-10-17)11-12-14(19)8-7-13(18)16(12)20/h7-8,15,21H,3-6,9-11H2,1-2H3. The lowest BCUT2D eigenvalue weighted by molar-refractivity contribution is 0.143. The van der Waals surface area contributed by atoms with Crippen molar-refractivity contribution in [3.63, 3.8) is 0 Å². The predicted molar refractivity (Wildman–Crippen MR) is 86.4 cm³/mol. The minimum absolute atomic E-state index is 0.112. The van der Waals surface area contributed by atoms with Crippen LogP contribution in [-0.2, 0) is 6.42 Å². The van der Waals surface area contributed by atoms with E-state index >= 15 is 0 Å². The van der Waals surface area contributed by atoms with E-state index in [1.165, 1.54) is 31.4 Å². The quantitative estimate of drug-likeness (QED) is 0.710. The van der Waals surface area contributed by atoms with Crippen molar-refractivity contribution in [1.29, 1.82) is 0 Å². The van der Waals surface area contributed by atoms with Gasteiger partial charge in [-0.1, -0.05) is 33.1 Å². The van der Waals surface area contributed by atoms with Gasteiger partial charge in [-0.25, -0.2) is 8.78 Å². The molecule has 2 rings (SSSR count). The van der Waals surface area contributed by atoms with Crippen LogP contribution in [0.25, 0.3) is 0 Å². The fraction of sp³-hybridized carbons (Fsp3) is 0.647. The first-order valence-corrected chi connectivity index (χ1v) is 8.63. The van der Waals surface area contributed by atoms with E-state index in [1.807, 2.05) is 6.92 Å². The Morgan fingerprint density at radius 2 is 1.90 bits per heavy atom. The fourth-order valence-corrected chi connectivity index (χ4v) is 3.85. The van der Waals surface area contributed by atoms with E-state index in [0.29, 0.717) is 10.9 Å². The van der Waals surface area contributed by atoms with Gasteiger partial charge in [0, 0.05) is 11.6 Å². The van der Waals surface area contributed by atoms with Crippen molar-refractivity contribution in [3.05, 3.63) is 33.8 Å². The van der Waals surface area contributed by atoms with Crippen molar-refractivity contribution in [2.75, 3.05) is 6.54 Å². The zero-order valence-electron chi connectivity index (χ0n) is 12.8. The molecule has 0 heterocycles. The molecule has 1 saturated carbocycles. The minimum Gasteiger partial charge on any atom is -0.313 e. The Bertz CT molecular complexity index is 484. The van der Waals surface area contributed by atoms with Crippen LogP contribution in [0.3, 0.4) is 0 Å². The van der Waals surface area contributed by atoms with Crippen molar-refractivity contribution in [2.24, 2.45) is 5.41 Å². The zero-order chi connectivity index (χ0) is 15.5. The molecule has 4 heteroatoms. The average molecular weight is 360 g/mol. The highest BCUT2D eigenvalue weighted by Crippen LogP contribution is 2.40. The van der Waals surface area contributed by atoms with Gasteiger partial charge in [-0.05, 0) is 59.3 Å². The molecular weight excluding hydrogens is 336 g/mol. The van der Waals surface area contributed by atoms with Crippen molar-refractivity contribution >= 4 is 15.9 Å². The monoisotopic (exact) mass is 359 g/mol. The Hall–Kier alpha value is -0.480. The first-order chi connectivity index (χ1) is 9.98. The molecule has 21 heavy (non-hydrogen) atoms. The van der Waals surface area contributed by atoms with Crippen molar-refractivity contribution in [1.82, 2.24) is 5.32 Å². The third-order valence-electron chi connectivity index (χ3n) is 4.83. The summed E-state index contributed by atoms with van der Waals surface area (Å²) in [7, 11) is 0. The third-order valence-corrected chi connectivity index (χ3v) is 5.45. The van der Waals surface area contributed by atoms with Crippen molar-refractivity contribution in [2.45, 2.75) is 58.4 Å². The molecule has 1 aliphatic rings. The van der Waals surface area contributed by atoms with Crippen LogP contribution in [-0.4, -0.2) is 12.6 Å². The average Bonchev–Trinajstić information content (AvgIpc) is 2.47. The molecule has 1 aliphatic carbocycles. The molecule has 118 valence electrons. The number of benzene rings is 1. The first-order valence-electron chi connectivity index (χ1n) is 7.83. The highest BCUT2D eigenvalue weighted by Gasteiger charge is 2.36. The van der Waals surface area contributed by atoms with Crippen LogP contribution in [0.2, 0.25) is 0 Å². The number of halogens is 3. The maximum atomic E-state index is 14.2. The summed E-state index contributed by atoms with van der Waals surface area (Å²) in [6, 6.07) is 2.88. The van der Waals surface area contributed by atoms with Gasteiger partial charge in [0.2, 0.25) is 0 Å². The molecule has 1 N–H and O–H groups in total. The summed E-state index contributed by atoms with van der Waals surface area (Å²) in [4.78, 5) is 0. The van der Waals surface area contributed by atoms with E-state index in [1.54, 1.807) is 0 Å². The predicted octanol–water partition coefficient (Wildman–Crippen LogP) is 5.22. The number of nitrogens with one attached hydrogen (secondary N) is 1. The summed E-state index contributed by atoms with van der Waals surface area (Å²) in [6.07, 6.45) is 6.35. The second-order valence-electron chi connectivity index (χ2n) is 6.35. The Morgan fingerprint density at radius 1 is 1.24 bits per heavy atom. The number of hydrogen-bond acceptors (Lipinski definition) is 1. The van der Waals surface area contributed by atoms with Crippen LogP contribution in [0.5, 0.6) is 0 Å². The van der Waals surface area contributed by atoms with Gasteiger partial charge in [-0.15, -0.1) is 0 Å². The summed E-state index contributed by atoms with van der Waals surface area (Å²) < 4.78 is 28.6. The lowest BCUT2D eigenvalue weighted by Crippen LogP contribution is -2.46.